The van der Waals surface area contributed by atoms with Gasteiger partial charge in [-0.3, -0.25) is 5.32 Å². The molecule has 0 aliphatic heterocycles. The normalized spacial score (nSPS) is 11.8. The molecule has 1 aromatic carbocycles. The number of carbonyl (C=O) groups excluding carboxylic acids is 1. The summed E-state index contributed by atoms with van der Waals surface area (Å²) in [5.41, 5.74) is 3.08. The summed E-state index contributed by atoms with van der Waals surface area (Å²) in [7, 11) is 1.58. The number of methoxy groups -OCH3 is 1. The first-order chi connectivity index (χ1) is 13.4. The zero-order valence-corrected chi connectivity index (χ0v) is 17.5. The van der Waals surface area contributed by atoms with Crippen molar-refractivity contribution in [2.45, 2.75) is 26.9 Å². The van der Waals surface area contributed by atoms with Gasteiger partial charge in [-0.1, -0.05) is 23.4 Å². The summed E-state index contributed by atoms with van der Waals surface area (Å²) >= 11 is 3.42. The Bertz CT molecular complexity index is 1000. The number of amides is 1. The number of pyridine rings is 1. The highest BCUT2D eigenvalue weighted by molar-refractivity contribution is 9.10. The van der Waals surface area contributed by atoms with Gasteiger partial charge in [0.05, 0.1) is 12.8 Å². The lowest BCUT2D eigenvalue weighted by Crippen LogP contribution is -2.17. The van der Waals surface area contributed by atoms with Gasteiger partial charge < -0.3 is 14.0 Å². The highest BCUT2D eigenvalue weighted by atomic mass is 79.9. The minimum absolute atomic E-state index is 0.370. The van der Waals surface area contributed by atoms with Gasteiger partial charge in [0, 0.05) is 10.0 Å². The van der Waals surface area contributed by atoms with Gasteiger partial charge in [-0.25, -0.2) is 9.78 Å². The largest absolute Gasteiger partial charge is 0.496 e. The van der Waals surface area contributed by atoms with Crippen LogP contribution in [0.4, 0.5) is 10.5 Å². The zero-order valence-electron chi connectivity index (χ0n) is 15.9. The van der Waals surface area contributed by atoms with E-state index in [9.17, 15) is 4.79 Å². The summed E-state index contributed by atoms with van der Waals surface area (Å²) in [6, 6.07) is 11.0. The second-order valence-corrected chi connectivity index (χ2v) is 7.00. The molecule has 0 radical (unpaired) electrons. The minimum atomic E-state index is -0.625. The number of nitrogens with zero attached hydrogens (tertiary/aromatic N) is 2. The summed E-state index contributed by atoms with van der Waals surface area (Å²) in [6.45, 7) is 5.38. The van der Waals surface area contributed by atoms with E-state index in [1.54, 1.807) is 27.0 Å². The summed E-state index contributed by atoms with van der Waals surface area (Å²) in [4.78, 5) is 16.9. The molecule has 8 heteroatoms. The Labute approximate surface area is 171 Å². The molecular formula is C20H20BrN3O4. The fourth-order valence-electron chi connectivity index (χ4n) is 2.72. The Balaban J connectivity index is 1.79. The third-order valence-electron chi connectivity index (χ3n) is 4.20. The SMILES string of the molecule is COc1ccccc1[C@@H](C)OC(=O)Nc1c(C)noc1-c1ccc(Br)c(C)n1. The maximum Gasteiger partial charge on any atom is 0.412 e. The van der Waals surface area contributed by atoms with Crippen LogP contribution in [0, 0.1) is 13.8 Å². The van der Waals surface area contributed by atoms with Crippen molar-refractivity contribution in [2.24, 2.45) is 0 Å². The maximum atomic E-state index is 12.5. The Morgan fingerprint density at radius 1 is 1.18 bits per heavy atom. The molecule has 0 unspecified atom stereocenters. The standard InChI is InChI=1S/C20H20BrN3O4/c1-11-15(21)9-10-16(22-11)19-18(12(2)24-28-19)23-20(25)27-13(3)14-7-5-6-8-17(14)26-4/h5-10,13H,1-4H3,(H,23,25)/t13-/m1/s1. The van der Waals surface area contributed by atoms with Gasteiger partial charge in [-0.05, 0) is 54.9 Å². The molecule has 0 saturated heterocycles. The summed E-state index contributed by atoms with van der Waals surface area (Å²) in [5.74, 6) is 1.02. The summed E-state index contributed by atoms with van der Waals surface area (Å²) in [5, 5.41) is 6.67. The van der Waals surface area contributed by atoms with Crippen molar-refractivity contribution in [2.75, 3.05) is 12.4 Å². The van der Waals surface area contributed by atoms with Crippen LogP contribution in [-0.4, -0.2) is 23.3 Å². The summed E-state index contributed by atoms with van der Waals surface area (Å²) in [6.07, 6.45) is -1.13. The number of anilines is 1. The average molecular weight is 446 g/mol. The number of aromatic nitrogens is 2. The molecule has 1 N–H and O–H groups in total. The molecule has 2 aromatic heterocycles. The fraction of sp³-hybridized carbons (Fsp3) is 0.250. The smallest absolute Gasteiger partial charge is 0.412 e. The van der Waals surface area contributed by atoms with Crippen LogP contribution in [0.5, 0.6) is 5.75 Å². The van der Waals surface area contributed by atoms with E-state index in [1.165, 1.54) is 0 Å². The van der Waals surface area contributed by atoms with E-state index in [4.69, 9.17) is 14.0 Å². The van der Waals surface area contributed by atoms with E-state index >= 15 is 0 Å². The molecule has 0 spiro atoms. The number of aryl methyl sites for hydroxylation is 2. The average Bonchev–Trinajstić information content (AvgIpc) is 3.04. The van der Waals surface area contributed by atoms with Crippen molar-refractivity contribution >= 4 is 27.7 Å². The van der Waals surface area contributed by atoms with Crippen LogP contribution >= 0.6 is 15.9 Å². The van der Waals surface area contributed by atoms with E-state index in [0.29, 0.717) is 28.6 Å². The number of ether oxygens (including phenoxy) is 2. The van der Waals surface area contributed by atoms with E-state index in [0.717, 1.165) is 15.7 Å². The van der Waals surface area contributed by atoms with Crippen LogP contribution in [0.15, 0.2) is 45.4 Å². The second-order valence-electron chi connectivity index (χ2n) is 6.15. The first kappa shape index (κ1) is 19.9. The molecule has 0 saturated carbocycles. The molecule has 146 valence electrons. The molecule has 3 aromatic rings. The molecule has 7 nitrogen and oxygen atoms in total. The van der Waals surface area contributed by atoms with Crippen LogP contribution < -0.4 is 10.1 Å². The van der Waals surface area contributed by atoms with Gasteiger partial charge in [0.1, 0.15) is 28.9 Å². The predicted octanol–water partition coefficient (Wildman–Crippen LogP) is 5.43. The molecule has 0 fully saturated rings. The quantitative estimate of drug-likeness (QED) is 0.562. The zero-order chi connectivity index (χ0) is 20.3. The lowest BCUT2D eigenvalue weighted by atomic mass is 10.1. The molecule has 2 heterocycles. The molecular weight excluding hydrogens is 426 g/mol. The first-order valence-electron chi connectivity index (χ1n) is 8.61. The van der Waals surface area contributed by atoms with Gasteiger partial charge in [-0.2, -0.15) is 0 Å². The van der Waals surface area contributed by atoms with Crippen molar-refractivity contribution in [1.82, 2.24) is 10.1 Å². The number of halogens is 1. The first-order valence-corrected chi connectivity index (χ1v) is 9.40. The summed E-state index contributed by atoms with van der Waals surface area (Å²) < 4.78 is 17.1. The number of hydrogen-bond donors (Lipinski definition) is 1. The van der Waals surface area contributed by atoms with Crippen LogP contribution in [0.1, 0.15) is 30.0 Å². The lowest BCUT2D eigenvalue weighted by molar-refractivity contribution is 0.119. The number of rotatable bonds is 5. The van der Waals surface area contributed by atoms with Crippen molar-refractivity contribution in [1.29, 1.82) is 0 Å². The third kappa shape index (κ3) is 4.17. The third-order valence-corrected chi connectivity index (χ3v) is 5.04. The maximum absolute atomic E-state index is 12.5. The van der Waals surface area contributed by atoms with Gasteiger partial charge in [0.15, 0.2) is 0 Å². The molecule has 0 bridgehead atoms. The number of hydrogen-bond acceptors (Lipinski definition) is 6. The number of carbonyl (C=O) groups is 1. The molecule has 28 heavy (non-hydrogen) atoms. The Kier molecular flexibility index (Phi) is 5.99. The number of benzene rings is 1. The fourth-order valence-corrected chi connectivity index (χ4v) is 2.94. The predicted molar refractivity (Wildman–Crippen MR) is 108 cm³/mol. The monoisotopic (exact) mass is 445 g/mol. The van der Waals surface area contributed by atoms with Gasteiger partial charge in [-0.15, -0.1) is 0 Å². The van der Waals surface area contributed by atoms with Gasteiger partial charge in [0.25, 0.3) is 0 Å². The number of nitrogens with one attached hydrogen (secondary N) is 1. The van der Waals surface area contributed by atoms with E-state index in [-0.39, 0.29) is 0 Å². The molecule has 0 aliphatic rings. The van der Waals surface area contributed by atoms with Crippen molar-refractivity contribution in [3.63, 3.8) is 0 Å². The Hall–Kier alpha value is -2.87. The molecule has 3 rings (SSSR count). The van der Waals surface area contributed by atoms with Crippen molar-refractivity contribution in [3.8, 4) is 17.2 Å². The minimum Gasteiger partial charge on any atom is -0.496 e. The lowest BCUT2D eigenvalue weighted by Gasteiger charge is -2.16. The van der Waals surface area contributed by atoms with E-state index in [1.807, 2.05) is 37.3 Å². The highest BCUT2D eigenvalue weighted by Crippen LogP contribution is 2.32. The number of para-hydroxylation sites is 1. The Morgan fingerprint density at radius 2 is 1.93 bits per heavy atom. The van der Waals surface area contributed by atoms with Crippen LogP contribution in [0.25, 0.3) is 11.5 Å². The van der Waals surface area contributed by atoms with Gasteiger partial charge in [0.2, 0.25) is 5.76 Å². The second kappa shape index (κ2) is 8.43. The molecule has 1 atom stereocenters. The van der Waals surface area contributed by atoms with Crippen LogP contribution in [-0.2, 0) is 4.74 Å². The molecule has 1 amide bonds. The van der Waals surface area contributed by atoms with E-state index in [2.05, 4.69) is 31.4 Å². The highest BCUT2D eigenvalue weighted by Gasteiger charge is 2.22. The van der Waals surface area contributed by atoms with Crippen LogP contribution in [0.2, 0.25) is 0 Å². The van der Waals surface area contributed by atoms with Crippen LogP contribution in [0.3, 0.4) is 0 Å². The van der Waals surface area contributed by atoms with Crippen molar-refractivity contribution < 1.29 is 18.8 Å². The topological polar surface area (TPSA) is 86.5 Å². The molecule has 0 aliphatic carbocycles. The van der Waals surface area contributed by atoms with Crippen molar-refractivity contribution in [3.05, 3.63) is 57.8 Å². The van der Waals surface area contributed by atoms with E-state index < -0.39 is 12.2 Å². The Morgan fingerprint density at radius 3 is 2.64 bits per heavy atom. The van der Waals surface area contributed by atoms with Gasteiger partial charge >= 0.3 is 6.09 Å².